The lowest BCUT2D eigenvalue weighted by Gasteiger charge is -2.26. The average molecular weight is 470 g/mol. The van der Waals surface area contributed by atoms with E-state index in [1.807, 2.05) is 0 Å². The zero-order valence-corrected chi connectivity index (χ0v) is 21.4. The van der Waals surface area contributed by atoms with Gasteiger partial charge in [-0.15, -0.1) is 0 Å². The standard InChI is InChI=1S/C32H29Si2/c1-4-18-28(19-5-1)33-32(25-13-17-27-16-12-15-26-14-10-11-24-31(26)27)34(29-20-6-2-7-21-29)30-22-8-3-9-23-30/h1-12,14-16,18-24,32H,13,17,25H2. The van der Waals surface area contributed by atoms with Gasteiger partial charge < -0.3 is 0 Å². The number of rotatable bonds is 9. The van der Waals surface area contributed by atoms with Crippen molar-refractivity contribution in [2.45, 2.75) is 24.4 Å². The van der Waals surface area contributed by atoms with Crippen LogP contribution in [0.25, 0.3) is 10.8 Å². The van der Waals surface area contributed by atoms with Gasteiger partial charge in [-0.3, -0.25) is 0 Å². The Kier molecular flexibility index (Phi) is 7.49. The number of fused-ring (bicyclic) bond motifs is 1. The summed E-state index contributed by atoms with van der Waals surface area (Å²) in [6.07, 6.45) is 3.59. The van der Waals surface area contributed by atoms with Crippen LogP contribution in [0.2, 0.25) is 5.16 Å². The molecule has 0 saturated heterocycles. The van der Waals surface area contributed by atoms with Crippen molar-refractivity contribution in [3.63, 3.8) is 0 Å². The third-order valence-electron chi connectivity index (χ3n) is 6.45. The molecular weight excluding hydrogens is 441 g/mol. The lowest BCUT2D eigenvalue weighted by molar-refractivity contribution is 0.769. The largest absolute Gasteiger partial charge is 0.121 e. The van der Waals surface area contributed by atoms with Gasteiger partial charge in [-0.05, 0) is 34.3 Å². The number of aryl methyl sites for hydroxylation is 1. The van der Waals surface area contributed by atoms with Crippen LogP contribution < -0.4 is 15.6 Å². The highest BCUT2D eigenvalue weighted by Gasteiger charge is 2.28. The van der Waals surface area contributed by atoms with Crippen LogP contribution in [-0.2, 0) is 6.42 Å². The molecule has 1 atom stereocenters. The van der Waals surface area contributed by atoms with E-state index in [0.717, 1.165) is 15.9 Å². The predicted octanol–water partition coefficient (Wildman–Crippen LogP) is 5.83. The van der Waals surface area contributed by atoms with Gasteiger partial charge in [0.2, 0.25) is 0 Å². The second-order valence-electron chi connectivity index (χ2n) is 8.74. The fourth-order valence-electron chi connectivity index (χ4n) is 4.84. The summed E-state index contributed by atoms with van der Waals surface area (Å²) in [6, 6.07) is 49.2. The SMILES string of the molecule is c1ccc([Si]C(CCCc2cccc3ccccc23)[Si](c2ccccc2)c2ccccc2)cc1. The van der Waals surface area contributed by atoms with E-state index in [-0.39, 0.29) is 0 Å². The molecule has 3 radical (unpaired) electrons. The molecule has 0 heterocycles. The molecule has 0 fully saturated rings. The van der Waals surface area contributed by atoms with E-state index in [9.17, 15) is 0 Å². The smallest absolute Gasteiger partial charge is 0.0642 e. The molecule has 0 amide bonds. The molecule has 0 bridgehead atoms. The van der Waals surface area contributed by atoms with Crippen molar-refractivity contribution in [3.05, 3.63) is 139 Å². The average Bonchev–Trinajstić information content (AvgIpc) is 2.91. The van der Waals surface area contributed by atoms with E-state index in [1.165, 1.54) is 44.7 Å². The van der Waals surface area contributed by atoms with Gasteiger partial charge in [-0.25, -0.2) is 0 Å². The monoisotopic (exact) mass is 469 g/mol. The summed E-state index contributed by atoms with van der Waals surface area (Å²) in [5.41, 5.74) is 1.48. The molecule has 0 aromatic heterocycles. The highest BCUT2D eigenvalue weighted by atomic mass is 28.3. The fraction of sp³-hybridized carbons (Fsp3) is 0.125. The second-order valence-corrected chi connectivity index (χ2v) is 13.6. The van der Waals surface area contributed by atoms with E-state index in [4.69, 9.17) is 0 Å². The van der Waals surface area contributed by atoms with E-state index >= 15 is 0 Å². The highest BCUT2D eigenvalue weighted by Crippen LogP contribution is 2.23. The van der Waals surface area contributed by atoms with Gasteiger partial charge in [0.05, 0.1) is 9.52 Å². The number of benzene rings is 5. The van der Waals surface area contributed by atoms with Crippen molar-refractivity contribution >= 4 is 44.6 Å². The highest BCUT2D eigenvalue weighted by molar-refractivity contribution is 6.93. The van der Waals surface area contributed by atoms with Crippen LogP contribution in [0.3, 0.4) is 0 Å². The van der Waals surface area contributed by atoms with E-state index < -0.39 is 8.80 Å². The molecule has 0 aliphatic carbocycles. The van der Waals surface area contributed by atoms with Gasteiger partial charge >= 0.3 is 0 Å². The fourth-order valence-corrected chi connectivity index (χ4v) is 10.8. The predicted molar refractivity (Wildman–Crippen MR) is 150 cm³/mol. The van der Waals surface area contributed by atoms with Crippen molar-refractivity contribution in [2.24, 2.45) is 0 Å². The molecule has 165 valence electrons. The minimum atomic E-state index is -0.919. The third kappa shape index (κ3) is 5.47. The molecular formula is C32H29Si2. The topological polar surface area (TPSA) is 0 Å². The molecule has 1 unspecified atom stereocenters. The van der Waals surface area contributed by atoms with Crippen molar-refractivity contribution < 1.29 is 0 Å². The lowest BCUT2D eigenvalue weighted by atomic mass is 10.0. The Hall–Kier alpha value is -3.21. The summed E-state index contributed by atoms with van der Waals surface area (Å²) in [5, 5.41) is 7.94. The molecule has 0 nitrogen and oxygen atoms in total. The maximum atomic E-state index is 2.36. The summed E-state index contributed by atoms with van der Waals surface area (Å²) in [6.45, 7) is 0. The Balaban J connectivity index is 1.44. The summed E-state index contributed by atoms with van der Waals surface area (Å²) in [4.78, 5) is 0. The first-order valence-corrected chi connectivity index (χ1v) is 14.8. The van der Waals surface area contributed by atoms with E-state index in [0.29, 0.717) is 5.16 Å². The first kappa shape index (κ1) is 22.6. The minimum absolute atomic E-state index is 0.659. The third-order valence-corrected chi connectivity index (χ3v) is 12.0. The Morgan fingerprint density at radius 1 is 0.559 bits per heavy atom. The maximum Gasteiger partial charge on any atom is 0.121 e. The van der Waals surface area contributed by atoms with Crippen molar-refractivity contribution in [2.75, 3.05) is 0 Å². The second kappa shape index (κ2) is 11.3. The van der Waals surface area contributed by atoms with Crippen molar-refractivity contribution in [3.8, 4) is 0 Å². The van der Waals surface area contributed by atoms with Gasteiger partial charge in [0.15, 0.2) is 0 Å². The normalized spacial score (nSPS) is 12.1. The number of hydrogen-bond donors (Lipinski definition) is 0. The zero-order valence-electron chi connectivity index (χ0n) is 19.4. The van der Waals surface area contributed by atoms with Gasteiger partial charge in [0.25, 0.3) is 0 Å². The minimum Gasteiger partial charge on any atom is -0.0642 e. The molecule has 5 aromatic rings. The summed E-state index contributed by atoms with van der Waals surface area (Å²) in [7, 11) is -0.0982. The molecule has 5 aromatic carbocycles. The Labute approximate surface area is 207 Å². The molecule has 0 saturated carbocycles. The zero-order chi connectivity index (χ0) is 23.0. The van der Waals surface area contributed by atoms with Crippen LogP contribution in [-0.4, -0.2) is 18.3 Å². The Bertz CT molecular complexity index is 1260. The maximum absolute atomic E-state index is 2.36. The molecule has 5 rings (SSSR count). The van der Waals surface area contributed by atoms with E-state index in [1.54, 1.807) is 0 Å². The van der Waals surface area contributed by atoms with Gasteiger partial charge in [-0.1, -0.05) is 155 Å². The Morgan fingerprint density at radius 3 is 1.79 bits per heavy atom. The Morgan fingerprint density at radius 2 is 1.12 bits per heavy atom. The van der Waals surface area contributed by atoms with Gasteiger partial charge in [-0.2, -0.15) is 0 Å². The van der Waals surface area contributed by atoms with Crippen LogP contribution >= 0.6 is 0 Å². The number of hydrogen-bond acceptors (Lipinski definition) is 0. The molecule has 0 spiro atoms. The first-order chi connectivity index (χ1) is 16.9. The summed E-state index contributed by atoms with van der Waals surface area (Å²) in [5.74, 6) is 0. The lowest BCUT2D eigenvalue weighted by Crippen LogP contribution is -2.49. The van der Waals surface area contributed by atoms with Gasteiger partial charge in [0.1, 0.15) is 8.80 Å². The first-order valence-electron chi connectivity index (χ1n) is 12.1. The molecule has 0 N–H and O–H groups in total. The molecule has 0 aliphatic heterocycles. The van der Waals surface area contributed by atoms with E-state index in [2.05, 4.69) is 133 Å². The molecule has 0 aliphatic rings. The molecule has 34 heavy (non-hydrogen) atoms. The van der Waals surface area contributed by atoms with Crippen molar-refractivity contribution in [1.82, 2.24) is 0 Å². The van der Waals surface area contributed by atoms with Crippen LogP contribution in [0, 0.1) is 0 Å². The quantitative estimate of drug-likeness (QED) is 0.238. The van der Waals surface area contributed by atoms with Crippen LogP contribution in [0.15, 0.2) is 133 Å². The van der Waals surface area contributed by atoms with Crippen LogP contribution in [0.5, 0.6) is 0 Å². The van der Waals surface area contributed by atoms with Crippen LogP contribution in [0.4, 0.5) is 0 Å². The summed E-state index contributed by atoms with van der Waals surface area (Å²) >= 11 is 0. The van der Waals surface area contributed by atoms with Crippen LogP contribution in [0.1, 0.15) is 18.4 Å². The van der Waals surface area contributed by atoms with Gasteiger partial charge in [0, 0.05) is 0 Å². The van der Waals surface area contributed by atoms with Crippen molar-refractivity contribution in [1.29, 1.82) is 0 Å². The molecule has 2 heteroatoms. The summed E-state index contributed by atoms with van der Waals surface area (Å²) < 4.78 is 0.